The Balaban J connectivity index is 1.42. The van der Waals surface area contributed by atoms with Crippen LogP contribution in [0.25, 0.3) is 0 Å². The van der Waals surface area contributed by atoms with Crippen LogP contribution in [0.4, 0.5) is 5.69 Å². The normalized spacial score (nSPS) is 20.7. The lowest BCUT2D eigenvalue weighted by atomic mass is 9.91. The molecule has 3 aromatic rings. The van der Waals surface area contributed by atoms with E-state index in [2.05, 4.69) is 32.7 Å². The van der Waals surface area contributed by atoms with Crippen molar-refractivity contribution in [1.82, 2.24) is 20.5 Å². The van der Waals surface area contributed by atoms with E-state index >= 15 is 0 Å². The van der Waals surface area contributed by atoms with Crippen molar-refractivity contribution >= 4 is 29.3 Å². The Morgan fingerprint density at radius 1 is 1.07 bits per heavy atom. The Bertz CT molecular complexity index is 1220. The largest absolute Gasteiger partial charge is 0.392 e. The number of hydrogen-bond acceptors (Lipinski definition) is 8. The fourth-order valence-electron chi connectivity index (χ4n) is 4.57. The molecule has 1 aliphatic heterocycles. The van der Waals surface area contributed by atoms with Crippen LogP contribution in [-0.4, -0.2) is 50.5 Å². The van der Waals surface area contributed by atoms with Gasteiger partial charge in [0, 0.05) is 42.8 Å². The van der Waals surface area contributed by atoms with E-state index in [1.807, 2.05) is 48.5 Å². The molecule has 0 aliphatic carbocycles. The summed E-state index contributed by atoms with van der Waals surface area (Å²) in [4.78, 5) is 27.7. The lowest BCUT2D eigenvalue weighted by Crippen LogP contribution is -2.38. The van der Waals surface area contributed by atoms with Gasteiger partial charge in [-0.3, -0.25) is 14.7 Å². The van der Waals surface area contributed by atoms with Gasteiger partial charge >= 0.3 is 0 Å². The molecule has 10 nitrogen and oxygen atoms in total. The Morgan fingerprint density at radius 2 is 1.90 bits per heavy atom. The summed E-state index contributed by atoms with van der Waals surface area (Å²) >= 11 is 1.54. The molecule has 0 saturated carbocycles. The number of benzene rings is 2. The van der Waals surface area contributed by atoms with E-state index in [-0.39, 0.29) is 36.5 Å². The molecule has 2 heterocycles. The fraction of sp³-hybridized carbons (Fsp3) is 0.448. The Labute approximate surface area is 238 Å². The number of carbonyl (C=O) groups excluding carboxylic acids is 2. The number of thioether (sulfide) groups is 1. The summed E-state index contributed by atoms with van der Waals surface area (Å²) in [5.41, 5.74) is 3.35. The summed E-state index contributed by atoms with van der Waals surface area (Å²) in [5, 5.41) is 22.7. The van der Waals surface area contributed by atoms with Crippen LogP contribution in [0.1, 0.15) is 68.6 Å². The highest BCUT2D eigenvalue weighted by Gasteiger charge is 2.38. The molecule has 1 fully saturated rings. The zero-order valence-electron chi connectivity index (χ0n) is 22.8. The highest BCUT2D eigenvalue weighted by atomic mass is 32.2. The summed E-state index contributed by atoms with van der Waals surface area (Å²) < 4.78 is 13.0. The molecule has 4 N–H and O–H groups in total. The number of unbranched alkanes of at least 4 members (excludes halogenated alkanes) is 2. The van der Waals surface area contributed by atoms with Gasteiger partial charge < -0.3 is 25.2 Å². The van der Waals surface area contributed by atoms with Crippen molar-refractivity contribution in [1.29, 1.82) is 0 Å². The minimum atomic E-state index is -0.635. The van der Waals surface area contributed by atoms with E-state index in [9.17, 15) is 14.7 Å². The molecule has 0 radical (unpaired) electrons. The summed E-state index contributed by atoms with van der Waals surface area (Å²) in [6.07, 6.45) is 3.33. The number of aromatic amines is 1. The maximum absolute atomic E-state index is 12.5. The van der Waals surface area contributed by atoms with Gasteiger partial charge in [0.05, 0.1) is 18.8 Å². The number of anilines is 1. The molecule has 4 rings (SSSR count). The van der Waals surface area contributed by atoms with Gasteiger partial charge in [0.2, 0.25) is 11.8 Å². The molecule has 4 atom stereocenters. The number of hydrogen-bond donors (Lipinski definition) is 4. The molecular weight excluding hydrogens is 530 g/mol. The average Bonchev–Trinajstić information content (AvgIpc) is 3.48. The van der Waals surface area contributed by atoms with Gasteiger partial charge in [-0.1, -0.05) is 61.5 Å². The molecule has 1 aliphatic rings. The van der Waals surface area contributed by atoms with Crippen LogP contribution in [0.5, 0.6) is 0 Å². The van der Waals surface area contributed by atoms with Gasteiger partial charge in [0.15, 0.2) is 11.4 Å². The second-order valence-electron chi connectivity index (χ2n) is 9.89. The highest BCUT2D eigenvalue weighted by Crippen LogP contribution is 2.43. The van der Waals surface area contributed by atoms with E-state index in [1.54, 1.807) is 11.8 Å². The maximum Gasteiger partial charge on any atom is 0.224 e. The van der Waals surface area contributed by atoms with Crippen molar-refractivity contribution in [2.24, 2.45) is 5.92 Å². The van der Waals surface area contributed by atoms with Crippen molar-refractivity contribution in [3.8, 4) is 0 Å². The first-order valence-electron chi connectivity index (χ1n) is 13.6. The van der Waals surface area contributed by atoms with Gasteiger partial charge in [-0.25, -0.2) is 4.98 Å². The zero-order chi connectivity index (χ0) is 28.3. The first-order chi connectivity index (χ1) is 19.4. The topological polar surface area (TPSA) is 138 Å². The highest BCUT2D eigenvalue weighted by molar-refractivity contribution is 7.99. The first-order valence-corrected chi connectivity index (χ1v) is 14.5. The first kappa shape index (κ1) is 29.7. The second-order valence-corrected chi connectivity index (χ2v) is 10.9. The third-order valence-electron chi connectivity index (χ3n) is 6.80. The standard InChI is InChI=1S/C29H37N5O5S/c1-19-25(17-40-29-31-18-32-34-29)38-28(39-27(19)22-12-10-21(16-35)11-13-22)23-7-6-8-24(15-23)33-26(37)9-4-3-5-14-30-20(2)36/h6-8,10-13,15,18-19,25,27-28,35H,3-5,9,14,16-17H2,1-2H3,(H,30,36)(H,33,37)(H,31,32,34)/t19-,25+,27+,28+/m1/s1. The van der Waals surface area contributed by atoms with Crippen molar-refractivity contribution in [2.75, 3.05) is 17.6 Å². The quantitative estimate of drug-likeness (QED) is 0.175. The van der Waals surface area contributed by atoms with Crippen LogP contribution in [-0.2, 0) is 25.7 Å². The summed E-state index contributed by atoms with van der Waals surface area (Å²) in [6, 6.07) is 15.4. The van der Waals surface area contributed by atoms with Crippen LogP contribution in [0, 0.1) is 5.92 Å². The number of amides is 2. The fourth-order valence-corrected chi connectivity index (χ4v) is 5.52. The van der Waals surface area contributed by atoms with Crippen molar-refractivity contribution < 1.29 is 24.2 Å². The van der Waals surface area contributed by atoms with Gasteiger partial charge in [-0.15, -0.1) is 0 Å². The van der Waals surface area contributed by atoms with Gasteiger partial charge in [0.25, 0.3) is 0 Å². The monoisotopic (exact) mass is 567 g/mol. The number of aliphatic hydroxyl groups is 1. The third-order valence-corrected chi connectivity index (χ3v) is 7.76. The molecule has 40 heavy (non-hydrogen) atoms. The van der Waals surface area contributed by atoms with E-state index < -0.39 is 6.29 Å². The number of ether oxygens (including phenoxy) is 2. The molecule has 2 amide bonds. The molecule has 0 spiro atoms. The molecular formula is C29H37N5O5S. The molecule has 11 heteroatoms. The van der Waals surface area contributed by atoms with Gasteiger partial charge in [-0.05, 0) is 36.1 Å². The average molecular weight is 568 g/mol. The number of aliphatic hydroxyl groups excluding tert-OH is 1. The Kier molecular flexibility index (Phi) is 11.1. The summed E-state index contributed by atoms with van der Waals surface area (Å²) in [7, 11) is 0. The lowest BCUT2D eigenvalue weighted by Gasteiger charge is -2.41. The van der Waals surface area contributed by atoms with E-state index in [0.717, 1.165) is 41.1 Å². The van der Waals surface area contributed by atoms with Crippen LogP contribution < -0.4 is 10.6 Å². The van der Waals surface area contributed by atoms with Crippen LogP contribution in [0.3, 0.4) is 0 Å². The van der Waals surface area contributed by atoms with Crippen molar-refractivity contribution in [2.45, 2.75) is 69.8 Å². The molecule has 0 unspecified atom stereocenters. The maximum atomic E-state index is 12.5. The van der Waals surface area contributed by atoms with Crippen molar-refractivity contribution in [3.05, 3.63) is 71.5 Å². The van der Waals surface area contributed by atoms with E-state index in [1.165, 1.54) is 13.3 Å². The Morgan fingerprint density at radius 3 is 2.62 bits per heavy atom. The molecule has 1 aromatic heterocycles. The van der Waals surface area contributed by atoms with Crippen LogP contribution in [0.15, 0.2) is 60.0 Å². The Hall–Kier alpha value is -3.25. The number of nitrogens with one attached hydrogen (secondary N) is 3. The predicted molar refractivity (Wildman–Crippen MR) is 152 cm³/mol. The van der Waals surface area contributed by atoms with Crippen LogP contribution in [0.2, 0.25) is 0 Å². The number of H-pyrrole nitrogens is 1. The minimum absolute atomic E-state index is 0.0148. The second kappa shape index (κ2) is 14.9. The molecule has 214 valence electrons. The molecule has 2 aromatic carbocycles. The number of aromatic nitrogens is 3. The lowest BCUT2D eigenvalue weighted by molar-refractivity contribution is -0.268. The smallest absolute Gasteiger partial charge is 0.224 e. The predicted octanol–water partition coefficient (Wildman–Crippen LogP) is 4.52. The summed E-state index contributed by atoms with van der Waals surface area (Å²) in [6.45, 7) is 4.22. The van der Waals surface area contributed by atoms with E-state index in [0.29, 0.717) is 24.4 Å². The SMILES string of the molecule is CC(=O)NCCCCCC(=O)Nc1cccc([C@H]2O[C@@H](CSc3ncn[nH]3)[C@@H](C)[C@@H](c3ccc(CO)cc3)O2)c1. The number of carbonyl (C=O) groups is 2. The summed E-state index contributed by atoms with van der Waals surface area (Å²) in [5.74, 6) is 0.600. The van der Waals surface area contributed by atoms with Crippen LogP contribution >= 0.6 is 11.8 Å². The third kappa shape index (κ3) is 8.62. The number of rotatable bonds is 13. The van der Waals surface area contributed by atoms with Crippen molar-refractivity contribution in [3.63, 3.8) is 0 Å². The van der Waals surface area contributed by atoms with Gasteiger partial charge in [-0.2, -0.15) is 5.10 Å². The molecule has 1 saturated heterocycles. The molecule has 0 bridgehead atoms. The number of nitrogens with zero attached hydrogens (tertiary/aromatic N) is 2. The van der Waals surface area contributed by atoms with Gasteiger partial charge in [0.1, 0.15) is 6.33 Å². The zero-order valence-corrected chi connectivity index (χ0v) is 23.7. The minimum Gasteiger partial charge on any atom is -0.392 e. The van der Waals surface area contributed by atoms with E-state index in [4.69, 9.17) is 9.47 Å².